The van der Waals surface area contributed by atoms with Crippen molar-refractivity contribution >= 4 is 34.2 Å². The van der Waals surface area contributed by atoms with Crippen LogP contribution in [-0.2, 0) is 0 Å². The highest BCUT2D eigenvalue weighted by molar-refractivity contribution is 9.10. The average Bonchev–Trinajstić information content (AvgIpc) is 2.85. The van der Waals surface area contributed by atoms with Gasteiger partial charge in [-0.25, -0.2) is 0 Å². The molecule has 2 unspecified atom stereocenters. The summed E-state index contributed by atoms with van der Waals surface area (Å²) in [7, 11) is 1.60. The summed E-state index contributed by atoms with van der Waals surface area (Å²) in [5.41, 5.74) is 6.36. The Balaban J connectivity index is 0.00000200. The SMILES string of the molecule is COc1ccc(C(=O)NC2CCCC2CN)cc1Br.Cl. The van der Waals surface area contributed by atoms with Crippen molar-refractivity contribution < 1.29 is 9.53 Å². The molecule has 0 spiro atoms. The highest BCUT2D eigenvalue weighted by Gasteiger charge is 2.27. The molecule has 6 heteroatoms. The lowest BCUT2D eigenvalue weighted by atomic mass is 10.0. The summed E-state index contributed by atoms with van der Waals surface area (Å²) in [6, 6.07) is 5.54. The van der Waals surface area contributed by atoms with E-state index in [4.69, 9.17) is 10.5 Å². The van der Waals surface area contributed by atoms with Crippen LogP contribution in [0.15, 0.2) is 22.7 Å². The standard InChI is InChI=1S/C14H19BrN2O2.ClH/c1-19-13-6-5-9(7-11(13)15)14(18)17-12-4-2-3-10(12)8-16;/h5-7,10,12H,2-4,8,16H2,1H3,(H,17,18);1H. The first-order valence-electron chi connectivity index (χ1n) is 6.50. The topological polar surface area (TPSA) is 64.3 Å². The molecule has 20 heavy (non-hydrogen) atoms. The van der Waals surface area contributed by atoms with Gasteiger partial charge >= 0.3 is 0 Å². The molecule has 1 fully saturated rings. The zero-order valence-electron chi connectivity index (χ0n) is 11.4. The predicted octanol–water partition coefficient (Wildman–Crippen LogP) is 2.74. The first-order valence-corrected chi connectivity index (χ1v) is 7.29. The summed E-state index contributed by atoms with van der Waals surface area (Å²) in [4.78, 5) is 12.2. The monoisotopic (exact) mass is 362 g/mol. The summed E-state index contributed by atoms with van der Waals surface area (Å²) >= 11 is 3.39. The lowest BCUT2D eigenvalue weighted by Crippen LogP contribution is -2.39. The number of nitrogens with one attached hydrogen (secondary N) is 1. The molecule has 0 aliphatic heterocycles. The number of nitrogens with two attached hydrogens (primary N) is 1. The molecule has 3 N–H and O–H groups in total. The van der Waals surface area contributed by atoms with Crippen LogP contribution in [0.4, 0.5) is 0 Å². The van der Waals surface area contributed by atoms with E-state index in [0.717, 1.165) is 29.5 Å². The lowest BCUT2D eigenvalue weighted by molar-refractivity contribution is 0.0928. The molecule has 2 rings (SSSR count). The number of methoxy groups -OCH3 is 1. The molecule has 1 aliphatic rings. The van der Waals surface area contributed by atoms with Crippen molar-refractivity contribution in [3.63, 3.8) is 0 Å². The summed E-state index contributed by atoms with van der Waals surface area (Å²) in [6.45, 7) is 0.636. The molecule has 2 atom stereocenters. The normalized spacial score (nSPS) is 21.1. The van der Waals surface area contributed by atoms with E-state index in [2.05, 4.69) is 21.2 Å². The van der Waals surface area contributed by atoms with E-state index in [1.54, 1.807) is 25.3 Å². The van der Waals surface area contributed by atoms with Crippen molar-refractivity contribution in [2.75, 3.05) is 13.7 Å². The van der Waals surface area contributed by atoms with Gasteiger partial charge in [-0.2, -0.15) is 0 Å². The Bertz CT molecular complexity index is 470. The average molecular weight is 364 g/mol. The Hall–Kier alpha value is -0.780. The molecule has 1 aromatic rings. The van der Waals surface area contributed by atoms with Crippen molar-refractivity contribution in [2.45, 2.75) is 25.3 Å². The third-order valence-electron chi connectivity index (χ3n) is 3.69. The van der Waals surface area contributed by atoms with Gasteiger partial charge in [-0.05, 0) is 59.4 Å². The van der Waals surface area contributed by atoms with Gasteiger partial charge in [0.15, 0.2) is 0 Å². The molecule has 1 amide bonds. The minimum Gasteiger partial charge on any atom is -0.496 e. The second-order valence-corrected chi connectivity index (χ2v) is 5.71. The van der Waals surface area contributed by atoms with E-state index in [-0.39, 0.29) is 24.4 Å². The summed E-state index contributed by atoms with van der Waals surface area (Å²) in [5.74, 6) is 1.08. The minimum atomic E-state index is -0.0475. The van der Waals surface area contributed by atoms with Crippen molar-refractivity contribution in [1.82, 2.24) is 5.32 Å². The maximum absolute atomic E-state index is 12.2. The molecular formula is C14H20BrClN2O2. The van der Waals surface area contributed by atoms with Crippen molar-refractivity contribution in [2.24, 2.45) is 11.7 Å². The van der Waals surface area contributed by atoms with Crippen LogP contribution in [0.25, 0.3) is 0 Å². The molecule has 0 bridgehead atoms. The third kappa shape index (κ3) is 3.87. The van der Waals surface area contributed by atoms with Gasteiger partial charge in [0.1, 0.15) is 5.75 Å². The number of carbonyl (C=O) groups is 1. The zero-order valence-corrected chi connectivity index (χ0v) is 13.8. The number of benzene rings is 1. The van der Waals surface area contributed by atoms with E-state index >= 15 is 0 Å². The number of halogens is 2. The molecule has 0 aromatic heterocycles. The molecule has 1 aliphatic carbocycles. The van der Waals surface area contributed by atoms with Crippen LogP contribution in [0, 0.1) is 5.92 Å². The van der Waals surface area contributed by atoms with Crippen LogP contribution in [0.1, 0.15) is 29.6 Å². The number of rotatable bonds is 4. The summed E-state index contributed by atoms with van der Waals surface area (Å²) < 4.78 is 5.93. The number of hydrogen-bond acceptors (Lipinski definition) is 3. The van der Waals surface area contributed by atoms with Crippen LogP contribution in [0.5, 0.6) is 5.75 Å². The highest BCUT2D eigenvalue weighted by atomic mass is 79.9. The number of carbonyl (C=O) groups excluding carboxylic acids is 1. The Morgan fingerprint density at radius 1 is 1.50 bits per heavy atom. The third-order valence-corrected chi connectivity index (χ3v) is 4.31. The predicted molar refractivity (Wildman–Crippen MR) is 85.6 cm³/mol. The molecule has 4 nitrogen and oxygen atoms in total. The Kier molecular flexibility index (Phi) is 6.79. The molecular weight excluding hydrogens is 344 g/mol. The molecule has 1 saturated carbocycles. The van der Waals surface area contributed by atoms with Crippen molar-refractivity contribution in [1.29, 1.82) is 0 Å². The van der Waals surface area contributed by atoms with Crippen molar-refractivity contribution in [3.8, 4) is 5.75 Å². The number of amides is 1. The van der Waals surface area contributed by atoms with Gasteiger partial charge in [0.2, 0.25) is 0 Å². The number of hydrogen-bond donors (Lipinski definition) is 2. The fraction of sp³-hybridized carbons (Fsp3) is 0.500. The van der Waals surface area contributed by atoms with Crippen molar-refractivity contribution in [3.05, 3.63) is 28.2 Å². The maximum atomic E-state index is 12.2. The van der Waals surface area contributed by atoms with Crippen LogP contribution in [0.2, 0.25) is 0 Å². The van der Waals surface area contributed by atoms with Crippen LogP contribution in [-0.4, -0.2) is 25.6 Å². The van der Waals surface area contributed by atoms with E-state index in [0.29, 0.717) is 18.0 Å². The first kappa shape index (κ1) is 17.3. The van der Waals surface area contributed by atoms with Gasteiger partial charge in [-0.15, -0.1) is 12.4 Å². The van der Waals surface area contributed by atoms with Crippen LogP contribution < -0.4 is 15.8 Å². The maximum Gasteiger partial charge on any atom is 0.251 e. The second-order valence-electron chi connectivity index (χ2n) is 4.86. The van der Waals surface area contributed by atoms with Gasteiger partial charge in [-0.1, -0.05) is 6.42 Å². The first-order chi connectivity index (χ1) is 9.15. The van der Waals surface area contributed by atoms with Gasteiger partial charge in [-0.3, -0.25) is 4.79 Å². The molecule has 112 valence electrons. The fourth-order valence-electron chi connectivity index (χ4n) is 2.57. The molecule has 0 radical (unpaired) electrons. The smallest absolute Gasteiger partial charge is 0.251 e. The molecule has 1 aromatic carbocycles. The fourth-order valence-corrected chi connectivity index (χ4v) is 3.11. The second kappa shape index (κ2) is 7.86. The lowest BCUT2D eigenvalue weighted by Gasteiger charge is -2.19. The van der Waals surface area contributed by atoms with E-state index in [9.17, 15) is 4.79 Å². The Labute approximate surface area is 134 Å². The van der Waals surface area contributed by atoms with Gasteiger partial charge < -0.3 is 15.8 Å². The largest absolute Gasteiger partial charge is 0.496 e. The minimum absolute atomic E-state index is 0. The molecule has 0 saturated heterocycles. The summed E-state index contributed by atoms with van der Waals surface area (Å²) in [6.07, 6.45) is 3.26. The van der Waals surface area contributed by atoms with Gasteiger partial charge in [0.25, 0.3) is 5.91 Å². The Morgan fingerprint density at radius 3 is 2.85 bits per heavy atom. The van der Waals surface area contributed by atoms with Crippen LogP contribution in [0.3, 0.4) is 0 Å². The number of ether oxygens (including phenoxy) is 1. The summed E-state index contributed by atoms with van der Waals surface area (Å²) in [5, 5.41) is 3.08. The van der Waals surface area contributed by atoms with Gasteiger partial charge in [0.05, 0.1) is 11.6 Å². The van der Waals surface area contributed by atoms with E-state index in [1.165, 1.54) is 0 Å². The van der Waals surface area contributed by atoms with E-state index in [1.807, 2.05) is 0 Å². The quantitative estimate of drug-likeness (QED) is 0.864. The van der Waals surface area contributed by atoms with Crippen LogP contribution >= 0.6 is 28.3 Å². The molecule has 0 heterocycles. The highest BCUT2D eigenvalue weighted by Crippen LogP contribution is 2.27. The Morgan fingerprint density at radius 2 is 2.25 bits per heavy atom. The van der Waals surface area contributed by atoms with E-state index < -0.39 is 0 Å². The zero-order chi connectivity index (χ0) is 13.8. The van der Waals surface area contributed by atoms with Gasteiger partial charge in [0, 0.05) is 11.6 Å².